The number of piperidine rings is 1. The van der Waals surface area contributed by atoms with E-state index >= 15 is 0 Å². The van der Waals surface area contributed by atoms with Crippen LogP contribution in [0.25, 0.3) is 0 Å². The number of hydrogen-bond acceptors (Lipinski definition) is 3. The number of rotatable bonds is 5. The Morgan fingerprint density at radius 1 is 1.56 bits per heavy atom. The van der Waals surface area contributed by atoms with E-state index in [-0.39, 0.29) is 11.9 Å². The lowest BCUT2D eigenvalue weighted by atomic mass is 9.90. The van der Waals surface area contributed by atoms with Crippen LogP contribution in [0.2, 0.25) is 0 Å². The molecule has 1 fully saturated rings. The van der Waals surface area contributed by atoms with Gasteiger partial charge in [-0.2, -0.15) is 0 Å². The Morgan fingerprint density at radius 2 is 2.31 bits per heavy atom. The molecule has 4 heteroatoms. The number of hydrogen-bond donors (Lipinski definition) is 1. The summed E-state index contributed by atoms with van der Waals surface area (Å²) in [6.07, 6.45) is 3.67. The van der Waals surface area contributed by atoms with E-state index in [0.29, 0.717) is 25.5 Å². The lowest BCUT2D eigenvalue weighted by Crippen LogP contribution is -2.51. The highest BCUT2D eigenvalue weighted by atomic mass is 16.5. The number of carbonyl (C=O) groups is 1. The standard InChI is InChI=1S/C12H24N2O2/c1-10-5-3-7-14(11(10)9-13)12(15)6-4-8-16-2/h10-11H,3-9,13H2,1-2H3. The van der Waals surface area contributed by atoms with Crippen molar-refractivity contribution in [1.29, 1.82) is 0 Å². The van der Waals surface area contributed by atoms with Gasteiger partial charge < -0.3 is 15.4 Å². The lowest BCUT2D eigenvalue weighted by molar-refractivity contribution is -0.136. The molecule has 2 unspecified atom stereocenters. The van der Waals surface area contributed by atoms with Crippen molar-refractivity contribution in [3.05, 3.63) is 0 Å². The van der Waals surface area contributed by atoms with Crippen LogP contribution >= 0.6 is 0 Å². The number of nitrogens with two attached hydrogens (primary N) is 1. The number of ether oxygens (including phenoxy) is 1. The number of carbonyl (C=O) groups excluding carboxylic acids is 1. The number of methoxy groups -OCH3 is 1. The molecule has 0 saturated carbocycles. The number of amides is 1. The average molecular weight is 228 g/mol. The van der Waals surface area contributed by atoms with E-state index in [4.69, 9.17) is 10.5 Å². The van der Waals surface area contributed by atoms with Gasteiger partial charge in [0.05, 0.1) is 0 Å². The summed E-state index contributed by atoms with van der Waals surface area (Å²) in [5.41, 5.74) is 5.76. The maximum atomic E-state index is 12.0. The van der Waals surface area contributed by atoms with E-state index in [2.05, 4.69) is 6.92 Å². The topological polar surface area (TPSA) is 55.6 Å². The molecular formula is C12H24N2O2. The summed E-state index contributed by atoms with van der Waals surface area (Å²) >= 11 is 0. The van der Waals surface area contributed by atoms with Crippen molar-refractivity contribution in [2.24, 2.45) is 11.7 Å². The molecule has 94 valence electrons. The monoisotopic (exact) mass is 228 g/mol. The highest BCUT2D eigenvalue weighted by Gasteiger charge is 2.30. The molecule has 2 N–H and O–H groups in total. The smallest absolute Gasteiger partial charge is 0.222 e. The Balaban J connectivity index is 2.45. The van der Waals surface area contributed by atoms with Gasteiger partial charge in [-0.05, 0) is 25.2 Å². The molecule has 1 aliphatic rings. The quantitative estimate of drug-likeness (QED) is 0.714. The third-order valence-electron chi connectivity index (χ3n) is 3.42. The summed E-state index contributed by atoms with van der Waals surface area (Å²) in [6.45, 7) is 4.30. The molecule has 0 radical (unpaired) electrons. The van der Waals surface area contributed by atoms with Gasteiger partial charge in [0.1, 0.15) is 0 Å². The molecule has 16 heavy (non-hydrogen) atoms. The minimum atomic E-state index is 0.235. The SMILES string of the molecule is COCCCC(=O)N1CCCC(C)C1CN. The second kappa shape index (κ2) is 6.86. The van der Waals surface area contributed by atoms with Crippen LogP contribution in [-0.4, -0.2) is 43.7 Å². The fraction of sp³-hybridized carbons (Fsp3) is 0.917. The van der Waals surface area contributed by atoms with Crippen molar-refractivity contribution in [1.82, 2.24) is 4.90 Å². The van der Waals surface area contributed by atoms with E-state index in [1.165, 1.54) is 6.42 Å². The van der Waals surface area contributed by atoms with Gasteiger partial charge in [0.25, 0.3) is 0 Å². The first-order valence-electron chi connectivity index (χ1n) is 6.19. The van der Waals surface area contributed by atoms with Crippen LogP contribution in [0, 0.1) is 5.92 Å². The summed E-state index contributed by atoms with van der Waals surface area (Å²) in [5, 5.41) is 0. The van der Waals surface area contributed by atoms with E-state index in [1.54, 1.807) is 7.11 Å². The van der Waals surface area contributed by atoms with Crippen molar-refractivity contribution < 1.29 is 9.53 Å². The van der Waals surface area contributed by atoms with E-state index in [1.807, 2.05) is 4.90 Å². The van der Waals surface area contributed by atoms with Gasteiger partial charge in [0, 0.05) is 39.3 Å². The molecule has 0 aromatic rings. The zero-order chi connectivity index (χ0) is 12.0. The van der Waals surface area contributed by atoms with Crippen LogP contribution in [0.5, 0.6) is 0 Å². The molecule has 0 aromatic carbocycles. The van der Waals surface area contributed by atoms with E-state index < -0.39 is 0 Å². The Labute approximate surface area is 98.1 Å². The first-order chi connectivity index (χ1) is 7.70. The molecule has 0 bridgehead atoms. The molecule has 0 aliphatic carbocycles. The van der Waals surface area contributed by atoms with Gasteiger partial charge in [0.15, 0.2) is 0 Å². The molecule has 1 aliphatic heterocycles. The van der Waals surface area contributed by atoms with Crippen LogP contribution in [0.15, 0.2) is 0 Å². The predicted molar refractivity (Wildman–Crippen MR) is 64.1 cm³/mol. The summed E-state index contributed by atoms with van der Waals surface area (Å²) in [6, 6.07) is 0.240. The largest absolute Gasteiger partial charge is 0.385 e. The summed E-state index contributed by atoms with van der Waals surface area (Å²) < 4.78 is 4.96. The van der Waals surface area contributed by atoms with Crippen LogP contribution in [-0.2, 0) is 9.53 Å². The fourth-order valence-corrected chi connectivity index (χ4v) is 2.43. The summed E-state index contributed by atoms with van der Waals surface area (Å²) in [4.78, 5) is 14.0. The first-order valence-corrected chi connectivity index (χ1v) is 6.19. The Bertz CT molecular complexity index is 221. The molecule has 1 heterocycles. The Hall–Kier alpha value is -0.610. The zero-order valence-electron chi connectivity index (χ0n) is 10.4. The minimum absolute atomic E-state index is 0.235. The van der Waals surface area contributed by atoms with Crippen molar-refractivity contribution in [2.75, 3.05) is 26.8 Å². The number of nitrogens with zero attached hydrogens (tertiary/aromatic N) is 1. The zero-order valence-corrected chi connectivity index (χ0v) is 10.4. The molecule has 1 saturated heterocycles. The maximum absolute atomic E-state index is 12.0. The average Bonchev–Trinajstić information content (AvgIpc) is 2.29. The second-order valence-electron chi connectivity index (χ2n) is 4.61. The summed E-state index contributed by atoms with van der Waals surface area (Å²) in [5.74, 6) is 0.768. The molecule has 0 aromatic heterocycles. The third kappa shape index (κ3) is 3.46. The van der Waals surface area contributed by atoms with Crippen molar-refractivity contribution in [2.45, 2.75) is 38.6 Å². The maximum Gasteiger partial charge on any atom is 0.222 e. The van der Waals surface area contributed by atoms with Crippen molar-refractivity contribution in [3.63, 3.8) is 0 Å². The predicted octanol–water partition coefficient (Wildman–Crippen LogP) is 0.999. The molecular weight excluding hydrogens is 204 g/mol. The van der Waals surface area contributed by atoms with Gasteiger partial charge in [-0.15, -0.1) is 0 Å². The Morgan fingerprint density at radius 3 is 2.94 bits per heavy atom. The first kappa shape index (κ1) is 13.5. The molecule has 2 atom stereocenters. The van der Waals surface area contributed by atoms with Gasteiger partial charge in [0.2, 0.25) is 5.91 Å². The normalized spacial score (nSPS) is 25.8. The molecule has 0 spiro atoms. The molecule has 1 rings (SSSR count). The van der Waals surface area contributed by atoms with Gasteiger partial charge in [-0.3, -0.25) is 4.79 Å². The van der Waals surface area contributed by atoms with Crippen molar-refractivity contribution >= 4 is 5.91 Å². The highest BCUT2D eigenvalue weighted by Crippen LogP contribution is 2.23. The van der Waals surface area contributed by atoms with E-state index in [0.717, 1.165) is 19.4 Å². The van der Waals surface area contributed by atoms with Crippen LogP contribution in [0.1, 0.15) is 32.6 Å². The second-order valence-corrected chi connectivity index (χ2v) is 4.61. The number of likely N-dealkylation sites (tertiary alicyclic amines) is 1. The Kier molecular flexibility index (Phi) is 5.77. The summed E-state index contributed by atoms with van der Waals surface area (Å²) in [7, 11) is 1.66. The third-order valence-corrected chi connectivity index (χ3v) is 3.42. The van der Waals surface area contributed by atoms with Gasteiger partial charge in [-0.1, -0.05) is 6.92 Å². The van der Waals surface area contributed by atoms with Crippen LogP contribution in [0.3, 0.4) is 0 Å². The van der Waals surface area contributed by atoms with Crippen LogP contribution in [0.4, 0.5) is 0 Å². The van der Waals surface area contributed by atoms with Crippen molar-refractivity contribution in [3.8, 4) is 0 Å². The minimum Gasteiger partial charge on any atom is -0.385 e. The van der Waals surface area contributed by atoms with Crippen LogP contribution < -0.4 is 5.73 Å². The molecule has 1 amide bonds. The lowest BCUT2D eigenvalue weighted by Gasteiger charge is -2.39. The highest BCUT2D eigenvalue weighted by molar-refractivity contribution is 5.76. The van der Waals surface area contributed by atoms with Gasteiger partial charge in [-0.25, -0.2) is 0 Å². The molecule has 4 nitrogen and oxygen atoms in total. The van der Waals surface area contributed by atoms with Gasteiger partial charge >= 0.3 is 0 Å². The van der Waals surface area contributed by atoms with E-state index in [9.17, 15) is 4.79 Å². The fourth-order valence-electron chi connectivity index (χ4n) is 2.43.